The number of carbonyl (C=O) groups excluding carboxylic acids is 1. The SMILES string of the molecule is COc1ccc(-c2nc(C)c(C(=O)NCCN)s2)cc1OC. The lowest BCUT2D eigenvalue weighted by Crippen LogP contribution is -2.28. The van der Waals surface area contributed by atoms with Gasteiger partial charge in [0.2, 0.25) is 0 Å². The zero-order valence-corrected chi connectivity index (χ0v) is 13.6. The number of thiazole rings is 1. The number of rotatable bonds is 6. The molecule has 0 fully saturated rings. The molecule has 2 aromatic rings. The fourth-order valence-corrected chi connectivity index (χ4v) is 2.94. The van der Waals surface area contributed by atoms with E-state index in [1.54, 1.807) is 14.2 Å². The van der Waals surface area contributed by atoms with Gasteiger partial charge in [-0.05, 0) is 25.1 Å². The number of amides is 1. The van der Waals surface area contributed by atoms with Crippen LogP contribution in [0.15, 0.2) is 18.2 Å². The molecule has 1 aromatic carbocycles. The van der Waals surface area contributed by atoms with Crippen molar-refractivity contribution in [1.82, 2.24) is 10.3 Å². The van der Waals surface area contributed by atoms with Gasteiger partial charge in [0.15, 0.2) is 11.5 Å². The first kappa shape index (κ1) is 16.3. The third-order valence-corrected chi connectivity index (χ3v) is 4.27. The number of nitrogens with two attached hydrogens (primary N) is 1. The molecule has 1 aromatic heterocycles. The number of nitrogens with zero attached hydrogens (tertiary/aromatic N) is 1. The lowest BCUT2D eigenvalue weighted by atomic mass is 10.2. The monoisotopic (exact) mass is 321 g/mol. The zero-order valence-electron chi connectivity index (χ0n) is 12.8. The number of hydrogen-bond acceptors (Lipinski definition) is 6. The first-order chi connectivity index (χ1) is 10.6. The van der Waals surface area contributed by atoms with Crippen LogP contribution in [0, 0.1) is 6.92 Å². The number of aryl methyl sites for hydroxylation is 1. The van der Waals surface area contributed by atoms with Crippen LogP contribution in [0.5, 0.6) is 11.5 Å². The van der Waals surface area contributed by atoms with Crippen LogP contribution in [0.2, 0.25) is 0 Å². The molecule has 0 spiro atoms. The molecule has 3 N–H and O–H groups in total. The second-order valence-corrected chi connectivity index (χ2v) is 5.55. The van der Waals surface area contributed by atoms with Gasteiger partial charge in [0.05, 0.1) is 19.9 Å². The van der Waals surface area contributed by atoms with E-state index in [9.17, 15) is 4.79 Å². The first-order valence-electron chi connectivity index (χ1n) is 6.78. The first-order valence-corrected chi connectivity index (χ1v) is 7.60. The summed E-state index contributed by atoms with van der Waals surface area (Å²) in [5, 5.41) is 3.52. The molecule has 0 bridgehead atoms. The highest BCUT2D eigenvalue weighted by molar-refractivity contribution is 7.17. The molecule has 0 aliphatic rings. The number of benzene rings is 1. The van der Waals surface area contributed by atoms with Crippen LogP contribution < -0.4 is 20.5 Å². The van der Waals surface area contributed by atoms with Gasteiger partial charge in [-0.25, -0.2) is 4.98 Å². The van der Waals surface area contributed by atoms with Crippen molar-refractivity contribution in [2.24, 2.45) is 5.73 Å². The summed E-state index contributed by atoms with van der Waals surface area (Å²) < 4.78 is 10.5. The van der Waals surface area contributed by atoms with Crippen molar-refractivity contribution in [3.63, 3.8) is 0 Å². The standard InChI is InChI=1S/C15H19N3O3S/c1-9-13(14(19)17-7-6-16)22-15(18-9)10-4-5-11(20-2)12(8-10)21-3/h4-5,8H,6-7,16H2,1-3H3,(H,17,19). The Bertz CT molecular complexity index is 670. The summed E-state index contributed by atoms with van der Waals surface area (Å²) in [6, 6.07) is 5.55. The molecule has 0 atom stereocenters. The zero-order chi connectivity index (χ0) is 16.1. The summed E-state index contributed by atoms with van der Waals surface area (Å²) in [5.41, 5.74) is 6.97. The normalized spacial score (nSPS) is 10.4. The molecule has 1 amide bonds. The average molecular weight is 321 g/mol. The third kappa shape index (κ3) is 3.37. The Morgan fingerprint density at radius 3 is 2.68 bits per heavy atom. The minimum atomic E-state index is -0.146. The molecule has 7 heteroatoms. The summed E-state index contributed by atoms with van der Waals surface area (Å²) in [7, 11) is 3.17. The molecule has 0 aliphatic carbocycles. The number of carbonyl (C=O) groups is 1. The van der Waals surface area contributed by atoms with Crippen LogP contribution in [0.4, 0.5) is 0 Å². The van der Waals surface area contributed by atoms with E-state index in [0.717, 1.165) is 10.6 Å². The molecule has 2 rings (SSSR count). The number of methoxy groups -OCH3 is 2. The van der Waals surface area contributed by atoms with E-state index < -0.39 is 0 Å². The Kier molecular flexibility index (Phi) is 5.35. The molecule has 0 aliphatic heterocycles. The second-order valence-electron chi connectivity index (χ2n) is 4.55. The largest absolute Gasteiger partial charge is 0.493 e. The minimum absolute atomic E-state index is 0.146. The minimum Gasteiger partial charge on any atom is -0.493 e. The Morgan fingerprint density at radius 1 is 1.32 bits per heavy atom. The smallest absolute Gasteiger partial charge is 0.263 e. The maximum absolute atomic E-state index is 12.1. The van der Waals surface area contributed by atoms with Crippen LogP contribution in [0.1, 0.15) is 15.4 Å². The third-order valence-electron chi connectivity index (χ3n) is 3.06. The topological polar surface area (TPSA) is 86.5 Å². The Morgan fingerprint density at radius 2 is 2.05 bits per heavy atom. The quantitative estimate of drug-likeness (QED) is 0.847. The van der Waals surface area contributed by atoms with Gasteiger partial charge in [-0.2, -0.15) is 0 Å². The maximum atomic E-state index is 12.1. The molecule has 0 radical (unpaired) electrons. The lowest BCUT2D eigenvalue weighted by molar-refractivity contribution is 0.0958. The fourth-order valence-electron chi connectivity index (χ4n) is 1.97. The van der Waals surface area contributed by atoms with Gasteiger partial charge in [-0.1, -0.05) is 0 Å². The van der Waals surface area contributed by atoms with Crippen molar-refractivity contribution < 1.29 is 14.3 Å². The van der Waals surface area contributed by atoms with Crippen molar-refractivity contribution in [1.29, 1.82) is 0 Å². The molecular weight excluding hydrogens is 302 g/mol. The van der Waals surface area contributed by atoms with Gasteiger partial charge in [-0.15, -0.1) is 11.3 Å². The average Bonchev–Trinajstić information content (AvgIpc) is 2.93. The van der Waals surface area contributed by atoms with E-state index >= 15 is 0 Å². The van der Waals surface area contributed by atoms with E-state index in [0.29, 0.717) is 35.2 Å². The van der Waals surface area contributed by atoms with Crippen LogP contribution >= 0.6 is 11.3 Å². The van der Waals surface area contributed by atoms with E-state index in [1.807, 2.05) is 25.1 Å². The molecule has 0 unspecified atom stereocenters. The fraction of sp³-hybridized carbons (Fsp3) is 0.333. The van der Waals surface area contributed by atoms with Crippen LogP contribution in [0.3, 0.4) is 0 Å². The van der Waals surface area contributed by atoms with E-state index in [-0.39, 0.29) is 5.91 Å². The van der Waals surface area contributed by atoms with Gasteiger partial charge in [-0.3, -0.25) is 4.79 Å². The van der Waals surface area contributed by atoms with Gasteiger partial charge in [0.1, 0.15) is 9.88 Å². The predicted octanol–water partition coefficient (Wildman–Crippen LogP) is 1.82. The Labute approximate surface area is 133 Å². The van der Waals surface area contributed by atoms with Gasteiger partial charge >= 0.3 is 0 Å². The van der Waals surface area contributed by atoms with Crippen LogP contribution in [-0.2, 0) is 0 Å². The van der Waals surface area contributed by atoms with Gasteiger partial charge in [0, 0.05) is 18.7 Å². The lowest BCUT2D eigenvalue weighted by Gasteiger charge is -2.08. The van der Waals surface area contributed by atoms with Crippen molar-refractivity contribution in [3.8, 4) is 22.1 Å². The molecule has 6 nitrogen and oxygen atoms in total. The predicted molar refractivity (Wildman–Crippen MR) is 86.8 cm³/mol. The van der Waals surface area contributed by atoms with Crippen molar-refractivity contribution in [3.05, 3.63) is 28.8 Å². The molecule has 118 valence electrons. The molecular formula is C15H19N3O3S. The van der Waals surface area contributed by atoms with E-state index in [4.69, 9.17) is 15.2 Å². The number of ether oxygens (including phenoxy) is 2. The van der Waals surface area contributed by atoms with Crippen LogP contribution in [0.25, 0.3) is 10.6 Å². The summed E-state index contributed by atoms with van der Waals surface area (Å²) in [6.45, 7) is 2.67. The van der Waals surface area contributed by atoms with Crippen molar-refractivity contribution in [2.45, 2.75) is 6.92 Å². The summed E-state index contributed by atoms with van der Waals surface area (Å²) in [5.74, 6) is 1.13. The highest BCUT2D eigenvalue weighted by Gasteiger charge is 2.16. The summed E-state index contributed by atoms with van der Waals surface area (Å²) >= 11 is 1.34. The second kappa shape index (κ2) is 7.24. The van der Waals surface area contributed by atoms with Crippen molar-refractivity contribution >= 4 is 17.2 Å². The number of nitrogens with one attached hydrogen (secondary N) is 1. The van der Waals surface area contributed by atoms with Crippen LogP contribution in [-0.4, -0.2) is 38.2 Å². The molecule has 0 saturated carbocycles. The van der Waals surface area contributed by atoms with E-state index in [1.165, 1.54) is 11.3 Å². The molecule has 22 heavy (non-hydrogen) atoms. The highest BCUT2D eigenvalue weighted by Crippen LogP contribution is 2.34. The van der Waals surface area contributed by atoms with Gasteiger partial charge < -0.3 is 20.5 Å². The molecule has 1 heterocycles. The summed E-state index contributed by atoms with van der Waals surface area (Å²) in [6.07, 6.45) is 0. The summed E-state index contributed by atoms with van der Waals surface area (Å²) in [4.78, 5) is 17.1. The molecule has 0 saturated heterocycles. The Hall–Kier alpha value is -2.12. The van der Waals surface area contributed by atoms with Gasteiger partial charge in [0.25, 0.3) is 5.91 Å². The van der Waals surface area contributed by atoms with E-state index in [2.05, 4.69) is 10.3 Å². The Balaban J connectivity index is 2.32. The number of hydrogen-bond donors (Lipinski definition) is 2. The number of aromatic nitrogens is 1. The maximum Gasteiger partial charge on any atom is 0.263 e. The highest BCUT2D eigenvalue weighted by atomic mass is 32.1. The van der Waals surface area contributed by atoms with Crippen molar-refractivity contribution in [2.75, 3.05) is 27.3 Å².